The van der Waals surface area contributed by atoms with Crippen LogP contribution in [0.2, 0.25) is 0 Å². The van der Waals surface area contributed by atoms with Gasteiger partial charge in [0.2, 0.25) is 0 Å². The number of Topliss-reactive ketones (excluding diaryl/α,β-unsaturated/α-hetero) is 1. The zero-order valence-corrected chi connectivity index (χ0v) is 5.63. The molecule has 0 aromatic carbocycles. The SMILES string of the molecule is CC(=O)[C@H]1CCN(N)C1. The van der Waals surface area contributed by atoms with Gasteiger partial charge < -0.3 is 0 Å². The van der Waals surface area contributed by atoms with Crippen LogP contribution in [-0.4, -0.2) is 23.9 Å². The van der Waals surface area contributed by atoms with Gasteiger partial charge in [0, 0.05) is 19.0 Å². The predicted molar refractivity (Wildman–Crippen MR) is 34.5 cm³/mol. The molecule has 0 bridgehead atoms. The fourth-order valence-electron chi connectivity index (χ4n) is 1.12. The van der Waals surface area contributed by atoms with E-state index in [1.807, 2.05) is 0 Å². The lowest BCUT2D eigenvalue weighted by atomic mass is 10.1. The van der Waals surface area contributed by atoms with E-state index in [0.717, 1.165) is 19.5 Å². The number of ketones is 1. The van der Waals surface area contributed by atoms with E-state index in [4.69, 9.17) is 5.84 Å². The average molecular weight is 128 g/mol. The second kappa shape index (κ2) is 2.45. The molecule has 3 nitrogen and oxygen atoms in total. The average Bonchev–Trinajstić information content (AvgIpc) is 2.14. The van der Waals surface area contributed by atoms with Crippen molar-refractivity contribution in [1.82, 2.24) is 5.01 Å². The summed E-state index contributed by atoms with van der Waals surface area (Å²) in [6.45, 7) is 3.24. The lowest BCUT2D eigenvalue weighted by molar-refractivity contribution is -0.120. The van der Waals surface area contributed by atoms with Crippen molar-refractivity contribution in [2.24, 2.45) is 11.8 Å². The molecule has 1 aliphatic rings. The third-order valence-corrected chi connectivity index (χ3v) is 1.79. The standard InChI is InChI=1S/C6H12N2O/c1-5(9)6-2-3-8(7)4-6/h6H,2-4,7H2,1H3/t6-/m0/s1. The number of carbonyl (C=O) groups excluding carboxylic acids is 1. The van der Waals surface area contributed by atoms with Gasteiger partial charge in [-0.05, 0) is 13.3 Å². The molecule has 0 aromatic heterocycles. The Morgan fingerprint density at radius 2 is 2.44 bits per heavy atom. The Bertz CT molecular complexity index is 124. The molecule has 2 N–H and O–H groups in total. The highest BCUT2D eigenvalue weighted by atomic mass is 16.1. The van der Waals surface area contributed by atoms with E-state index in [-0.39, 0.29) is 11.7 Å². The van der Waals surface area contributed by atoms with Crippen molar-refractivity contribution in [3.8, 4) is 0 Å². The molecule has 0 spiro atoms. The minimum atomic E-state index is 0.204. The van der Waals surface area contributed by atoms with Gasteiger partial charge >= 0.3 is 0 Å². The monoisotopic (exact) mass is 128 g/mol. The smallest absolute Gasteiger partial charge is 0.134 e. The van der Waals surface area contributed by atoms with Gasteiger partial charge in [0.05, 0.1) is 0 Å². The molecular formula is C6H12N2O. The van der Waals surface area contributed by atoms with Crippen LogP contribution in [0.3, 0.4) is 0 Å². The van der Waals surface area contributed by atoms with Gasteiger partial charge in [0.15, 0.2) is 0 Å². The molecule has 9 heavy (non-hydrogen) atoms. The summed E-state index contributed by atoms with van der Waals surface area (Å²) < 4.78 is 0. The van der Waals surface area contributed by atoms with E-state index in [0.29, 0.717) is 0 Å². The van der Waals surface area contributed by atoms with Crippen molar-refractivity contribution in [2.75, 3.05) is 13.1 Å². The zero-order valence-electron chi connectivity index (χ0n) is 5.63. The summed E-state index contributed by atoms with van der Waals surface area (Å²) in [7, 11) is 0. The Morgan fingerprint density at radius 1 is 1.78 bits per heavy atom. The second-order valence-electron chi connectivity index (χ2n) is 2.59. The van der Waals surface area contributed by atoms with Crippen LogP contribution in [0.4, 0.5) is 0 Å². The Kier molecular flexibility index (Phi) is 1.83. The first-order chi connectivity index (χ1) is 4.20. The largest absolute Gasteiger partial charge is 0.300 e. The van der Waals surface area contributed by atoms with Gasteiger partial charge in [-0.15, -0.1) is 0 Å². The first-order valence-corrected chi connectivity index (χ1v) is 3.20. The summed E-state index contributed by atoms with van der Waals surface area (Å²) >= 11 is 0. The van der Waals surface area contributed by atoms with Crippen molar-refractivity contribution in [1.29, 1.82) is 0 Å². The maximum atomic E-state index is 10.7. The number of hydrogen-bond acceptors (Lipinski definition) is 3. The Balaban J connectivity index is 2.39. The van der Waals surface area contributed by atoms with Crippen LogP contribution in [0.1, 0.15) is 13.3 Å². The van der Waals surface area contributed by atoms with Gasteiger partial charge in [-0.25, -0.2) is 5.01 Å². The number of rotatable bonds is 1. The molecule has 0 saturated carbocycles. The van der Waals surface area contributed by atoms with Crippen molar-refractivity contribution in [3.63, 3.8) is 0 Å². The number of hydrazine groups is 1. The topological polar surface area (TPSA) is 46.3 Å². The normalized spacial score (nSPS) is 28.9. The molecule has 1 atom stereocenters. The maximum absolute atomic E-state index is 10.7. The number of hydrogen-bond donors (Lipinski definition) is 1. The number of nitrogens with zero attached hydrogens (tertiary/aromatic N) is 1. The van der Waals surface area contributed by atoms with Crippen molar-refractivity contribution in [2.45, 2.75) is 13.3 Å². The second-order valence-corrected chi connectivity index (χ2v) is 2.59. The summed E-state index contributed by atoms with van der Waals surface area (Å²) in [6, 6.07) is 0. The molecule has 0 aliphatic carbocycles. The Hall–Kier alpha value is -0.410. The van der Waals surface area contributed by atoms with Crippen molar-refractivity contribution in [3.05, 3.63) is 0 Å². The van der Waals surface area contributed by atoms with Gasteiger partial charge in [-0.2, -0.15) is 0 Å². The molecule has 1 fully saturated rings. The van der Waals surface area contributed by atoms with E-state index < -0.39 is 0 Å². The van der Waals surface area contributed by atoms with E-state index in [1.165, 1.54) is 0 Å². The quantitative estimate of drug-likeness (QED) is 0.496. The molecular weight excluding hydrogens is 116 g/mol. The first-order valence-electron chi connectivity index (χ1n) is 3.20. The highest BCUT2D eigenvalue weighted by Crippen LogP contribution is 2.12. The molecule has 0 amide bonds. The van der Waals surface area contributed by atoms with Gasteiger partial charge in [0.1, 0.15) is 5.78 Å². The summed E-state index contributed by atoms with van der Waals surface area (Å²) in [5, 5.41) is 1.70. The highest BCUT2D eigenvalue weighted by molar-refractivity contribution is 5.78. The van der Waals surface area contributed by atoms with Crippen molar-refractivity contribution < 1.29 is 4.79 Å². The zero-order chi connectivity index (χ0) is 6.85. The van der Waals surface area contributed by atoms with Crippen LogP contribution >= 0.6 is 0 Å². The van der Waals surface area contributed by atoms with E-state index in [2.05, 4.69) is 0 Å². The van der Waals surface area contributed by atoms with Crippen LogP contribution in [0.15, 0.2) is 0 Å². The fourth-order valence-corrected chi connectivity index (χ4v) is 1.12. The van der Waals surface area contributed by atoms with Crippen LogP contribution in [0, 0.1) is 5.92 Å². The molecule has 52 valence electrons. The highest BCUT2D eigenvalue weighted by Gasteiger charge is 2.22. The van der Waals surface area contributed by atoms with Crippen LogP contribution < -0.4 is 5.84 Å². The number of carbonyl (C=O) groups is 1. The maximum Gasteiger partial charge on any atom is 0.134 e. The minimum absolute atomic E-state index is 0.204. The lowest BCUT2D eigenvalue weighted by Crippen LogP contribution is -2.28. The minimum Gasteiger partial charge on any atom is -0.300 e. The third-order valence-electron chi connectivity index (χ3n) is 1.79. The summed E-state index contributed by atoms with van der Waals surface area (Å²) in [5.74, 6) is 5.91. The molecule has 1 heterocycles. The van der Waals surface area contributed by atoms with E-state index >= 15 is 0 Å². The molecule has 3 heteroatoms. The van der Waals surface area contributed by atoms with Crippen LogP contribution in [-0.2, 0) is 4.79 Å². The van der Waals surface area contributed by atoms with Gasteiger partial charge in [0.25, 0.3) is 0 Å². The molecule has 1 rings (SSSR count). The van der Waals surface area contributed by atoms with Crippen LogP contribution in [0.5, 0.6) is 0 Å². The molecule has 1 saturated heterocycles. The fraction of sp³-hybridized carbons (Fsp3) is 0.833. The first kappa shape index (κ1) is 6.71. The van der Waals surface area contributed by atoms with E-state index in [9.17, 15) is 4.79 Å². The van der Waals surface area contributed by atoms with Crippen LogP contribution in [0.25, 0.3) is 0 Å². The van der Waals surface area contributed by atoms with Crippen molar-refractivity contribution >= 4 is 5.78 Å². The predicted octanol–water partition coefficient (Wildman–Crippen LogP) is -0.229. The van der Waals surface area contributed by atoms with Gasteiger partial charge in [-0.1, -0.05) is 0 Å². The Labute approximate surface area is 54.8 Å². The lowest BCUT2D eigenvalue weighted by Gasteiger charge is -2.05. The molecule has 1 aliphatic heterocycles. The molecule has 0 radical (unpaired) electrons. The molecule has 0 aromatic rings. The summed E-state index contributed by atoms with van der Waals surface area (Å²) in [6.07, 6.45) is 0.936. The van der Waals surface area contributed by atoms with E-state index in [1.54, 1.807) is 11.9 Å². The number of nitrogens with two attached hydrogens (primary N) is 1. The third kappa shape index (κ3) is 1.50. The summed E-state index contributed by atoms with van der Waals surface area (Å²) in [5.41, 5.74) is 0. The molecule has 0 unspecified atom stereocenters. The summed E-state index contributed by atoms with van der Waals surface area (Å²) in [4.78, 5) is 10.7. The van der Waals surface area contributed by atoms with Gasteiger partial charge in [-0.3, -0.25) is 10.6 Å². The Morgan fingerprint density at radius 3 is 2.67 bits per heavy atom.